The smallest absolute Gasteiger partial charge is 0.123 e. The number of hydrogen-bond donors (Lipinski definition) is 1. The third kappa shape index (κ3) is 4.65. The molecule has 3 aromatic rings. The van der Waals surface area contributed by atoms with Crippen LogP contribution in [0.4, 0.5) is 4.39 Å². The zero-order valence-electron chi connectivity index (χ0n) is 15.8. The fraction of sp³-hybridized carbons (Fsp3) is 0.318. The predicted octanol–water partition coefficient (Wildman–Crippen LogP) is 3.17. The molecule has 5 nitrogen and oxygen atoms in total. The van der Waals surface area contributed by atoms with Gasteiger partial charge in [0, 0.05) is 44.6 Å². The summed E-state index contributed by atoms with van der Waals surface area (Å²) in [6.45, 7) is 4.84. The van der Waals surface area contributed by atoms with E-state index in [0.717, 1.165) is 50.6 Å². The number of nitrogens with zero attached hydrogens (tertiary/aromatic N) is 3. The highest BCUT2D eigenvalue weighted by molar-refractivity contribution is 5.33. The Kier molecular flexibility index (Phi) is 6.11. The fourth-order valence-electron chi connectivity index (χ4n) is 3.57. The molecule has 6 heteroatoms. The van der Waals surface area contributed by atoms with Crippen LogP contribution in [0.5, 0.6) is 0 Å². The number of ether oxygens (including phenoxy) is 1. The number of nitrogens with one attached hydrogen (secondary N) is 1. The zero-order valence-corrected chi connectivity index (χ0v) is 15.8. The van der Waals surface area contributed by atoms with Crippen LogP contribution in [0.15, 0.2) is 67.0 Å². The third-order valence-electron chi connectivity index (χ3n) is 5.11. The predicted molar refractivity (Wildman–Crippen MR) is 107 cm³/mol. The van der Waals surface area contributed by atoms with Crippen molar-refractivity contribution in [3.05, 3.63) is 83.9 Å². The first-order chi connectivity index (χ1) is 13.8. The topological polar surface area (TPSA) is 42.3 Å². The average Bonchev–Trinajstić information content (AvgIpc) is 3.28. The summed E-state index contributed by atoms with van der Waals surface area (Å²) in [5.74, 6) is -0.199. The molecule has 0 radical (unpaired) electrons. The van der Waals surface area contributed by atoms with Crippen LogP contribution in [0, 0.1) is 5.82 Å². The van der Waals surface area contributed by atoms with Crippen LogP contribution < -0.4 is 5.32 Å². The number of rotatable bonds is 7. The zero-order chi connectivity index (χ0) is 19.2. The van der Waals surface area contributed by atoms with Crippen molar-refractivity contribution in [2.75, 3.05) is 32.8 Å². The normalized spacial score (nSPS) is 16.2. The van der Waals surface area contributed by atoms with E-state index in [-0.39, 0.29) is 11.9 Å². The number of halogens is 1. The number of hydrogen-bond acceptors (Lipinski definition) is 4. The van der Waals surface area contributed by atoms with Crippen LogP contribution in [-0.2, 0) is 11.3 Å². The third-order valence-corrected chi connectivity index (χ3v) is 5.11. The van der Waals surface area contributed by atoms with Gasteiger partial charge in [0.1, 0.15) is 5.82 Å². The van der Waals surface area contributed by atoms with Gasteiger partial charge in [-0.2, -0.15) is 5.10 Å². The van der Waals surface area contributed by atoms with Crippen LogP contribution in [-0.4, -0.2) is 47.5 Å². The molecule has 4 rings (SSSR count). The highest BCUT2D eigenvalue weighted by Crippen LogP contribution is 2.22. The Bertz CT molecular complexity index is 843. The van der Waals surface area contributed by atoms with E-state index in [4.69, 9.17) is 4.74 Å². The Labute approximate surface area is 164 Å². The van der Waals surface area contributed by atoms with Crippen molar-refractivity contribution >= 4 is 0 Å². The summed E-state index contributed by atoms with van der Waals surface area (Å²) in [5.41, 5.74) is 3.40. The molecule has 146 valence electrons. The van der Waals surface area contributed by atoms with Crippen LogP contribution in [0.3, 0.4) is 0 Å². The summed E-state index contributed by atoms with van der Waals surface area (Å²) in [7, 11) is 0. The first-order valence-electron chi connectivity index (χ1n) is 9.66. The van der Waals surface area contributed by atoms with E-state index < -0.39 is 0 Å². The minimum atomic E-state index is -0.199. The molecule has 28 heavy (non-hydrogen) atoms. The Morgan fingerprint density at radius 1 is 1.04 bits per heavy atom. The van der Waals surface area contributed by atoms with Crippen LogP contribution in [0.2, 0.25) is 0 Å². The second-order valence-corrected chi connectivity index (χ2v) is 6.96. The van der Waals surface area contributed by atoms with Gasteiger partial charge in [-0.1, -0.05) is 24.3 Å². The lowest BCUT2D eigenvalue weighted by atomic mass is 10.0. The molecule has 1 fully saturated rings. The van der Waals surface area contributed by atoms with Crippen LogP contribution in [0.1, 0.15) is 17.2 Å². The number of benzene rings is 2. The van der Waals surface area contributed by atoms with E-state index in [0.29, 0.717) is 0 Å². The summed E-state index contributed by atoms with van der Waals surface area (Å²) in [6, 6.07) is 17.3. The molecular formula is C22H25FN4O. The van der Waals surface area contributed by atoms with Crippen molar-refractivity contribution in [2.45, 2.75) is 12.6 Å². The van der Waals surface area contributed by atoms with Gasteiger partial charge in [-0.25, -0.2) is 9.07 Å². The van der Waals surface area contributed by atoms with E-state index in [1.807, 2.05) is 29.1 Å². The van der Waals surface area contributed by atoms with Gasteiger partial charge in [-0.05, 0) is 41.5 Å². The van der Waals surface area contributed by atoms with Gasteiger partial charge in [0.2, 0.25) is 0 Å². The maximum absolute atomic E-state index is 13.3. The minimum Gasteiger partial charge on any atom is -0.379 e. The molecule has 1 saturated heterocycles. The molecule has 0 spiro atoms. The largest absolute Gasteiger partial charge is 0.379 e. The Hall–Kier alpha value is -2.54. The summed E-state index contributed by atoms with van der Waals surface area (Å²) in [5, 5.41) is 7.82. The van der Waals surface area contributed by atoms with Crippen molar-refractivity contribution in [3.8, 4) is 5.69 Å². The monoisotopic (exact) mass is 380 g/mol. The highest BCUT2D eigenvalue weighted by Gasteiger charge is 2.22. The number of morpholine rings is 1. The molecule has 1 unspecified atom stereocenters. The van der Waals surface area contributed by atoms with Gasteiger partial charge < -0.3 is 10.1 Å². The number of aromatic nitrogens is 2. The summed E-state index contributed by atoms with van der Waals surface area (Å²) >= 11 is 0. The quantitative estimate of drug-likeness (QED) is 0.684. The fourth-order valence-corrected chi connectivity index (χ4v) is 3.57. The molecule has 2 heterocycles. The maximum Gasteiger partial charge on any atom is 0.123 e. The van der Waals surface area contributed by atoms with Gasteiger partial charge in [0.05, 0.1) is 18.9 Å². The highest BCUT2D eigenvalue weighted by atomic mass is 19.1. The van der Waals surface area contributed by atoms with Crippen molar-refractivity contribution in [1.29, 1.82) is 0 Å². The van der Waals surface area contributed by atoms with E-state index in [2.05, 4.69) is 39.6 Å². The van der Waals surface area contributed by atoms with Crippen molar-refractivity contribution in [1.82, 2.24) is 20.0 Å². The molecule has 0 saturated carbocycles. The Morgan fingerprint density at radius 2 is 1.79 bits per heavy atom. The van der Waals surface area contributed by atoms with Crippen molar-refractivity contribution in [3.63, 3.8) is 0 Å². The van der Waals surface area contributed by atoms with E-state index >= 15 is 0 Å². The molecule has 1 N–H and O–H groups in total. The second kappa shape index (κ2) is 9.10. The molecule has 2 aromatic carbocycles. The molecule has 1 aromatic heterocycles. The summed E-state index contributed by atoms with van der Waals surface area (Å²) in [4.78, 5) is 2.41. The van der Waals surface area contributed by atoms with Gasteiger partial charge in [-0.15, -0.1) is 0 Å². The van der Waals surface area contributed by atoms with Gasteiger partial charge in [0.25, 0.3) is 0 Å². The van der Waals surface area contributed by atoms with E-state index in [9.17, 15) is 4.39 Å². The lowest BCUT2D eigenvalue weighted by Crippen LogP contribution is -2.42. The van der Waals surface area contributed by atoms with Gasteiger partial charge in [0.15, 0.2) is 0 Å². The molecule has 0 aliphatic carbocycles. The first kappa shape index (κ1) is 18.8. The molecule has 0 bridgehead atoms. The Balaban J connectivity index is 1.39. The molecule has 0 amide bonds. The summed E-state index contributed by atoms with van der Waals surface area (Å²) in [6.07, 6.45) is 3.71. The van der Waals surface area contributed by atoms with E-state index in [1.54, 1.807) is 6.20 Å². The summed E-state index contributed by atoms with van der Waals surface area (Å²) < 4.78 is 20.7. The standard InChI is InChI=1S/C22H25FN4O/c23-20-6-4-19(5-7-20)22(26-12-14-28-15-13-26)17-24-16-18-2-8-21(9-3-18)27-11-1-10-25-27/h1-11,22,24H,12-17H2. The minimum absolute atomic E-state index is 0.199. The molecule has 1 aliphatic heterocycles. The van der Waals surface area contributed by atoms with Crippen LogP contribution in [0.25, 0.3) is 5.69 Å². The molecular weight excluding hydrogens is 355 g/mol. The molecule has 1 aliphatic rings. The maximum atomic E-state index is 13.3. The lowest BCUT2D eigenvalue weighted by molar-refractivity contribution is 0.0161. The van der Waals surface area contributed by atoms with Gasteiger partial charge in [-0.3, -0.25) is 4.90 Å². The van der Waals surface area contributed by atoms with Crippen LogP contribution >= 0.6 is 0 Å². The Morgan fingerprint density at radius 3 is 2.46 bits per heavy atom. The van der Waals surface area contributed by atoms with Crippen molar-refractivity contribution < 1.29 is 9.13 Å². The average molecular weight is 380 g/mol. The molecule has 1 atom stereocenters. The lowest BCUT2D eigenvalue weighted by Gasteiger charge is -2.35. The van der Waals surface area contributed by atoms with E-state index in [1.165, 1.54) is 17.7 Å². The van der Waals surface area contributed by atoms with Gasteiger partial charge >= 0.3 is 0 Å². The SMILES string of the molecule is Fc1ccc(C(CNCc2ccc(-n3cccn3)cc2)N2CCOCC2)cc1. The second-order valence-electron chi connectivity index (χ2n) is 6.96. The van der Waals surface area contributed by atoms with Crippen molar-refractivity contribution in [2.24, 2.45) is 0 Å². The first-order valence-corrected chi connectivity index (χ1v) is 9.66.